The Labute approximate surface area is 153 Å². The van der Waals surface area contributed by atoms with Crippen molar-refractivity contribution in [2.75, 3.05) is 32.0 Å². The summed E-state index contributed by atoms with van der Waals surface area (Å²) in [6.45, 7) is 4.64. The van der Waals surface area contributed by atoms with E-state index in [1.54, 1.807) is 25.2 Å². The zero-order chi connectivity index (χ0) is 16.7. The fourth-order valence-corrected chi connectivity index (χ4v) is 2.51. The Balaban J connectivity index is 0.00000484. The van der Waals surface area contributed by atoms with Crippen LogP contribution in [0.1, 0.15) is 13.8 Å². The topological polar surface area (TPSA) is 61.4 Å². The van der Waals surface area contributed by atoms with E-state index in [1.807, 2.05) is 13.8 Å². The first-order valence-corrected chi connectivity index (χ1v) is 7.83. The average molecular weight is 383 g/mol. The van der Waals surface area contributed by atoms with Gasteiger partial charge in [-0.15, -0.1) is 12.4 Å². The Bertz CT molecular complexity index is 520. The molecule has 0 aromatic heterocycles. The van der Waals surface area contributed by atoms with Gasteiger partial charge in [-0.05, 0) is 26.1 Å². The third kappa shape index (κ3) is 6.55. The van der Waals surface area contributed by atoms with Crippen LogP contribution < -0.4 is 10.6 Å². The van der Waals surface area contributed by atoms with Crippen molar-refractivity contribution < 1.29 is 9.59 Å². The molecule has 0 fully saturated rings. The standard InChI is InChI=1S/C15H21Cl2N3O2.ClH/c1-4-20(15(22)10(2)8-18-3)9-13(21)19-14-11(16)6-5-7-12(14)17;/h5-7,10,18H,4,8-9H2,1-3H3,(H,19,21);1H. The van der Waals surface area contributed by atoms with E-state index in [9.17, 15) is 9.59 Å². The molecule has 1 unspecified atom stereocenters. The molecule has 0 aliphatic rings. The van der Waals surface area contributed by atoms with Crippen LogP contribution >= 0.6 is 35.6 Å². The van der Waals surface area contributed by atoms with Gasteiger partial charge in [0.2, 0.25) is 11.8 Å². The molecule has 1 rings (SSSR count). The number of rotatable bonds is 7. The van der Waals surface area contributed by atoms with E-state index in [4.69, 9.17) is 23.2 Å². The lowest BCUT2D eigenvalue weighted by Gasteiger charge is -2.24. The van der Waals surface area contributed by atoms with Gasteiger partial charge in [0.25, 0.3) is 0 Å². The zero-order valence-corrected chi connectivity index (χ0v) is 15.7. The minimum Gasteiger partial charge on any atom is -0.333 e. The number of anilines is 1. The molecule has 0 aliphatic heterocycles. The quantitative estimate of drug-likeness (QED) is 0.762. The molecule has 5 nitrogen and oxygen atoms in total. The number of nitrogens with zero attached hydrogens (tertiary/aromatic N) is 1. The first-order chi connectivity index (χ1) is 10.4. The molecule has 1 aromatic carbocycles. The number of para-hydroxylation sites is 1. The summed E-state index contributed by atoms with van der Waals surface area (Å²) in [6, 6.07) is 4.98. The zero-order valence-electron chi connectivity index (χ0n) is 13.4. The van der Waals surface area contributed by atoms with E-state index in [0.29, 0.717) is 28.8 Å². The van der Waals surface area contributed by atoms with Crippen LogP contribution in [-0.4, -0.2) is 43.4 Å². The van der Waals surface area contributed by atoms with Crippen molar-refractivity contribution in [1.29, 1.82) is 0 Å². The molecule has 2 amide bonds. The first-order valence-electron chi connectivity index (χ1n) is 7.07. The van der Waals surface area contributed by atoms with Gasteiger partial charge in [-0.2, -0.15) is 0 Å². The monoisotopic (exact) mass is 381 g/mol. The molecular formula is C15H22Cl3N3O2. The van der Waals surface area contributed by atoms with Crippen LogP contribution in [0.3, 0.4) is 0 Å². The van der Waals surface area contributed by atoms with Gasteiger partial charge >= 0.3 is 0 Å². The summed E-state index contributed by atoms with van der Waals surface area (Å²) in [5.41, 5.74) is 0.364. The van der Waals surface area contributed by atoms with E-state index in [2.05, 4.69) is 10.6 Å². The number of likely N-dealkylation sites (N-methyl/N-ethyl adjacent to an activating group) is 1. The Morgan fingerprint density at radius 1 is 1.26 bits per heavy atom. The maximum absolute atomic E-state index is 12.2. The minimum absolute atomic E-state index is 0. The van der Waals surface area contributed by atoms with Crippen LogP contribution in [0.15, 0.2) is 18.2 Å². The highest BCUT2D eigenvalue weighted by molar-refractivity contribution is 6.39. The van der Waals surface area contributed by atoms with Crippen molar-refractivity contribution in [3.8, 4) is 0 Å². The number of carbonyl (C=O) groups excluding carboxylic acids is 2. The van der Waals surface area contributed by atoms with Crippen LogP contribution in [0.4, 0.5) is 5.69 Å². The molecule has 23 heavy (non-hydrogen) atoms. The van der Waals surface area contributed by atoms with Crippen LogP contribution in [0.5, 0.6) is 0 Å². The van der Waals surface area contributed by atoms with E-state index >= 15 is 0 Å². The van der Waals surface area contributed by atoms with Crippen LogP contribution in [0.25, 0.3) is 0 Å². The predicted molar refractivity (Wildman–Crippen MR) is 97.7 cm³/mol. The molecule has 8 heteroatoms. The molecular weight excluding hydrogens is 361 g/mol. The van der Waals surface area contributed by atoms with Crippen LogP contribution in [0.2, 0.25) is 10.0 Å². The molecule has 130 valence electrons. The molecule has 0 heterocycles. The largest absolute Gasteiger partial charge is 0.333 e. The van der Waals surface area contributed by atoms with Crippen molar-refractivity contribution in [1.82, 2.24) is 10.2 Å². The predicted octanol–water partition coefficient (Wildman–Crippen LogP) is 3.06. The lowest BCUT2D eigenvalue weighted by atomic mass is 10.1. The number of carbonyl (C=O) groups is 2. The van der Waals surface area contributed by atoms with Crippen molar-refractivity contribution >= 4 is 53.1 Å². The number of nitrogens with one attached hydrogen (secondary N) is 2. The fraction of sp³-hybridized carbons (Fsp3) is 0.467. The second-order valence-electron chi connectivity index (χ2n) is 4.96. The summed E-state index contributed by atoms with van der Waals surface area (Å²) in [5.74, 6) is -0.597. The Kier molecular flexibility index (Phi) is 10.2. The minimum atomic E-state index is -0.332. The molecule has 0 saturated heterocycles. The fourth-order valence-electron chi connectivity index (χ4n) is 2.02. The molecule has 2 N–H and O–H groups in total. The van der Waals surface area contributed by atoms with Crippen LogP contribution in [0, 0.1) is 5.92 Å². The van der Waals surface area contributed by atoms with Crippen LogP contribution in [-0.2, 0) is 9.59 Å². The molecule has 0 spiro atoms. The lowest BCUT2D eigenvalue weighted by molar-refractivity contribution is -0.137. The highest BCUT2D eigenvalue weighted by Gasteiger charge is 2.21. The van der Waals surface area contributed by atoms with E-state index in [0.717, 1.165) is 0 Å². The first kappa shape index (κ1) is 22.0. The molecule has 0 bridgehead atoms. The molecule has 1 atom stereocenters. The van der Waals surface area contributed by atoms with Crippen molar-refractivity contribution in [2.24, 2.45) is 5.92 Å². The van der Waals surface area contributed by atoms with Gasteiger partial charge in [-0.25, -0.2) is 0 Å². The SMILES string of the molecule is CCN(CC(=O)Nc1c(Cl)cccc1Cl)C(=O)C(C)CNC.Cl. The van der Waals surface area contributed by atoms with E-state index in [-0.39, 0.29) is 36.7 Å². The second kappa shape index (κ2) is 10.7. The molecule has 0 aliphatic carbocycles. The third-order valence-corrected chi connectivity index (χ3v) is 3.82. The Hall–Kier alpha value is -1.01. The molecule has 1 aromatic rings. The summed E-state index contributed by atoms with van der Waals surface area (Å²) in [6.07, 6.45) is 0. The maximum Gasteiger partial charge on any atom is 0.244 e. The lowest BCUT2D eigenvalue weighted by Crippen LogP contribution is -2.42. The van der Waals surface area contributed by atoms with Gasteiger partial charge in [0, 0.05) is 19.0 Å². The average Bonchev–Trinajstić information content (AvgIpc) is 2.48. The Morgan fingerprint density at radius 3 is 2.30 bits per heavy atom. The smallest absolute Gasteiger partial charge is 0.244 e. The van der Waals surface area contributed by atoms with Gasteiger partial charge in [0.15, 0.2) is 0 Å². The summed E-state index contributed by atoms with van der Waals surface area (Å²) < 4.78 is 0. The summed E-state index contributed by atoms with van der Waals surface area (Å²) in [4.78, 5) is 25.9. The Morgan fingerprint density at radius 2 is 1.83 bits per heavy atom. The number of amides is 2. The number of hydrogen-bond acceptors (Lipinski definition) is 3. The van der Waals surface area contributed by atoms with Gasteiger partial charge in [0.1, 0.15) is 0 Å². The molecule has 0 saturated carbocycles. The summed E-state index contributed by atoms with van der Waals surface area (Å²) >= 11 is 12.0. The van der Waals surface area contributed by atoms with Gasteiger partial charge in [0.05, 0.1) is 22.3 Å². The normalized spacial score (nSPS) is 11.3. The second-order valence-corrected chi connectivity index (χ2v) is 5.77. The van der Waals surface area contributed by atoms with Gasteiger partial charge in [-0.3, -0.25) is 9.59 Å². The van der Waals surface area contributed by atoms with Crippen molar-refractivity contribution in [3.63, 3.8) is 0 Å². The highest BCUT2D eigenvalue weighted by Crippen LogP contribution is 2.29. The van der Waals surface area contributed by atoms with E-state index < -0.39 is 0 Å². The van der Waals surface area contributed by atoms with Crippen molar-refractivity contribution in [2.45, 2.75) is 13.8 Å². The summed E-state index contributed by atoms with van der Waals surface area (Å²) in [5, 5.41) is 6.33. The third-order valence-electron chi connectivity index (χ3n) is 3.19. The van der Waals surface area contributed by atoms with Gasteiger partial charge < -0.3 is 15.5 Å². The summed E-state index contributed by atoms with van der Waals surface area (Å²) in [7, 11) is 1.78. The maximum atomic E-state index is 12.2. The van der Waals surface area contributed by atoms with Crippen molar-refractivity contribution in [3.05, 3.63) is 28.2 Å². The number of hydrogen-bond donors (Lipinski definition) is 2. The molecule has 0 radical (unpaired) electrons. The van der Waals surface area contributed by atoms with Gasteiger partial charge in [-0.1, -0.05) is 36.2 Å². The number of halogens is 3. The highest BCUT2D eigenvalue weighted by atomic mass is 35.5. The van der Waals surface area contributed by atoms with E-state index in [1.165, 1.54) is 4.90 Å². The number of benzene rings is 1.